The van der Waals surface area contributed by atoms with E-state index >= 15 is 0 Å². The van der Waals surface area contributed by atoms with Crippen molar-refractivity contribution in [2.45, 2.75) is 132 Å². The first kappa shape index (κ1) is 38.3. The van der Waals surface area contributed by atoms with Gasteiger partial charge in [-0.3, -0.25) is 24.0 Å². The fourth-order valence-corrected chi connectivity index (χ4v) is 7.11. The summed E-state index contributed by atoms with van der Waals surface area (Å²) in [6.07, 6.45) is 4.06. The number of rotatable bonds is 13. The quantitative estimate of drug-likeness (QED) is 0.223. The third kappa shape index (κ3) is 9.04. The molecule has 1 unspecified atom stereocenters. The Morgan fingerprint density at radius 1 is 0.936 bits per heavy atom. The summed E-state index contributed by atoms with van der Waals surface area (Å²) in [4.78, 5) is 83.3. The van der Waals surface area contributed by atoms with Crippen molar-refractivity contribution in [2.75, 3.05) is 26.2 Å². The summed E-state index contributed by atoms with van der Waals surface area (Å²) >= 11 is 0. The largest absolute Gasteiger partial charge is 0.350 e. The highest BCUT2D eigenvalue weighted by Gasteiger charge is 2.70. The van der Waals surface area contributed by atoms with Crippen LogP contribution in [-0.4, -0.2) is 95.6 Å². The van der Waals surface area contributed by atoms with Gasteiger partial charge in [0.15, 0.2) is 0 Å². The number of carbonyl (C=O) groups is 6. The molecule has 266 valence electrons. The Kier molecular flexibility index (Phi) is 12.2. The molecule has 6 atom stereocenters. The van der Waals surface area contributed by atoms with Gasteiger partial charge in [0, 0.05) is 32.6 Å². The Morgan fingerprint density at radius 2 is 1.60 bits per heavy atom. The minimum Gasteiger partial charge on any atom is -0.350 e. The number of nitrogens with zero attached hydrogens (tertiary/aromatic N) is 2. The molecule has 0 aromatic carbocycles. The van der Waals surface area contributed by atoms with E-state index in [9.17, 15) is 28.8 Å². The summed E-state index contributed by atoms with van der Waals surface area (Å²) in [7, 11) is 0. The summed E-state index contributed by atoms with van der Waals surface area (Å²) in [5.41, 5.74) is -1.23. The molecule has 1 saturated carbocycles. The molecule has 12 heteroatoms. The van der Waals surface area contributed by atoms with Gasteiger partial charge in [0.2, 0.25) is 23.5 Å². The van der Waals surface area contributed by atoms with Gasteiger partial charge in [-0.25, -0.2) is 4.79 Å². The molecule has 4 N–H and O–H groups in total. The van der Waals surface area contributed by atoms with Crippen molar-refractivity contribution < 1.29 is 28.8 Å². The van der Waals surface area contributed by atoms with Gasteiger partial charge in [-0.2, -0.15) is 0 Å². The number of likely N-dealkylation sites (tertiary alicyclic amines) is 2. The van der Waals surface area contributed by atoms with Crippen molar-refractivity contribution in [1.82, 2.24) is 31.1 Å². The summed E-state index contributed by atoms with van der Waals surface area (Å²) in [6.45, 7) is 21.1. The summed E-state index contributed by atoms with van der Waals surface area (Å²) < 4.78 is 0. The minimum absolute atomic E-state index is 0.0833. The van der Waals surface area contributed by atoms with Crippen molar-refractivity contribution in [3.05, 3.63) is 0 Å². The molecule has 0 spiro atoms. The number of carbonyl (C=O) groups excluding carboxylic acids is 6. The molecule has 3 aliphatic rings. The number of hydrogen-bond donors (Lipinski definition) is 4. The van der Waals surface area contributed by atoms with E-state index in [-0.39, 0.29) is 40.5 Å². The lowest BCUT2D eigenvalue weighted by Crippen LogP contribution is -2.63. The van der Waals surface area contributed by atoms with Gasteiger partial charge >= 0.3 is 6.03 Å². The fraction of sp³-hybridized carbons (Fsp3) is 0.829. The molecule has 2 saturated heterocycles. The summed E-state index contributed by atoms with van der Waals surface area (Å²) in [6, 6.07) is -3.66. The molecule has 0 aromatic rings. The molecule has 47 heavy (non-hydrogen) atoms. The molecule has 3 rings (SSSR count). The second-order valence-electron chi connectivity index (χ2n) is 16.4. The van der Waals surface area contributed by atoms with Gasteiger partial charge in [-0.1, -0.05) is 75.2 Å². The molecule has 0 bridgehead atoms. The number of likely N-dealkylation sites (N-methyl/N-ethyl adjacent to an activating group) is 1. The third-order valence-electron chi connectivity index (χ3n) is 10.4. The number of amides is 6. The molecule has 2 aliphatic heterocycles. The van der Waals surface area contributed by atoms with E-state index in [1.54, 1.807) is 16.7 Å². The van der Waals surface area contributed by atoms with Crippen molar-refractivity contribution in [2.24, 2.45) is 28.1 Å². The molecule has 12 nitrogen and oxygen atoms in total. The first-order valence-corrected chi connectivity index (χ1v) is 17.5. The van der Waals surface area contributed by atoms with Crippen molar-refractivity contribution >= 4 is 35.4 Å². The lowest BCUT2D eigenvalue weighted by Gasteiger charge is -2.40. The topological polar surface area (TPSA) is 157 Å². The zero-order chi connectivity index (χ0) is 35.5. The number of ketones is 1. The predicted molar refractivity (Wildman–Crippen MR) is 180 cm³/mol. The van der Waals surface area contributed by atoms with Crippen LogP contribution in [0.5, 0.6) is 0 Å². The zero-order valence-corrected chi connectivity index (χ0v) is 30.4. The van der Waals surface area contributed by atoms with Crippen LogP contribution in [0.1, 0.15) is 108 Å². The SMILES string of the molecule is CCCCC(NC(=O)[C@@H]1[C@@H]2[C@H](CN1C(=O)[C@@H](NC(=O)N[C@H](CN1CCCCC1=O)C(C)(C)C)C(C)(C)C)C2(C)C)C(=O)C(=O)NCC. The second kappa shape index (κ2) is 14.9. The minimum atomic E-state index is -0.990. The van der Waals surface area contributed by atoms with Crippen LogP contribution in [0.2, 0.25) is 0 Å². The Balaban J connectivity index is 1.82. The third-order valence-corrected chi connectivity index (χ3v) is 10.4. The Bertz CT molecular complexity index is 1200. The van der Waals surface area contributed by atoms with Gasteiger partial charge in [-0.15, -0.1) is 0 Å². The van der Waals surface area contributed by atoms with Gasteiger partial charge in [0.05, 0.1) is 12.1 Å². The summed E-state index contributed by atoms with van der Waals surface area (Å²) in [5.74, 6) is -2.18. The predicted octanol–water partition coefficient (Wildman–Crippen LogP) is 2.99. The molecule has 0 aromatic heterocycles. The van der Waals surface area contributed by atoms with Crippen LogP contribution in [0, 0.1) is 28.1 Å². The molecule has 6 amide bonds. The van der Waals surface area contributed by atoms with E-state index in [1.807, 2.05) is 48.5 Å². The van der Waals surface area contributed by atoms with Crippen LogP contribution in [0.15, 0.2) is 0 Å². The number of unbranched alkanes of at least 4 members (excludes halogenated alkanes) is 1. The maximum atomic E-state index is 14.4. The van der Waals surface area contributed by atoms with Gasteiger partial charge < -0.3 is 31.1 Å². The van der Waals surface area contributed by atoms with Crippen LogP contribution in [0.3, 0.4) is 0 Å². The van der Waals surface area contributed by atoms with Crippen molar-refractivity contribution in [3.8, 4) is 0 Å². The molecular weight excluding hydrogens is 600 g/mol. The normalized spacial score (nSPS) is 24.0. The Hall–Kier alpha value is -3.18. The number of fused-ring (bicyclic) bond motifs is 1. The van der Waals surface area contributed by atoms with Crippen LogP contribution < -0.4 is 21.3 Å². The van der Waals surface area contributed by atoms with Crippen LogP contribution in [0.4, 0.5) is 4.79 Å². The highest BCUT2D eigenvalue weighted by Crippen LogP contribution is 2.65. The highest BCUT2D eigenvalue weighted by molar-refractivity contribution is 6.38. The zero-order valence-electron chi connectivity index (χ0n) is 30.4. The molecule has 0 radical (unpaired) electrons. The standard InChI is InChI=1S/C35H60N6O6/c1-11-13-16-22(27(43)30(45)36-12-2)37-29(44)26-25-21(35(25,9)10)19-41(26)31(46)28(34(6,7)8)39-32(47)38-23(33(3,4)5)20-40-18-15-14-17-24(40)42/h21-23,25-26,28H,11-20H2,1-10H3,(H,36,45)(H,37,44)(H2,38,39,47)/t21-,22?,23+,25-,26-,28+/m0/s1. The van der Waals surface area contributed by atoms with E-state index in [2.05, 4.69) is 35.1 Å². The first-order chi connectivity index (χ1) is 21.7. The van der Waals surface area contributed by atoms with E-state index < -0.39 is 47.2 Å². The van der Waals surface area contributed by atoms with Gasteiger partial charge in [0.1, 0.15) is 12.1 Å². The van der Waals surface area contributed by atoms with Crippen LogP contribution in [0.25, 0.3) is 0 Å². The average Bonchev–Trinajstić information content (AvgIpc) is 3.28. The van der Waals surface area contributed by atoms with Gasteiger partial charge in [-0.05, 0) is 54.3 Å². The molecule has 3 fully saturated rings. The lowest BCUT2D eigenvalue weighted by atomic mass is 9.84. The summed E-state index contributed by atoms with van der Waals surface area (Å²) in [5, 5.41) is 11.3. The van der Waals surface area contributed by atoms with E-state index in [1.165, 1.54) is 0 Å². The Morgan fingerprint density at radius 3 is 2.15 bits per heavy atom. The highest BCUT2D eigenvalue weighted by atomic mass is 16.2. The maximum Gasteiger partial charge on any atom is 0.315 e. The van der Waals surface area contributed by atoms with Crippen molar-refractivity contribution in [3.63, 3.8) is 0 Å². The molecular formula is C35H60N6O6. The van der Waals surface area contributed by atoms with Crippen LogP contribution in [-0.2, 0) is 24.0 Å². The van der Waals surface area contributed by atoms with E-state index in [0.29, 0.717) is 45.4 Å². The first-order valence-electron chi connectivity index (χ1n) is 17.5. The van der Waals surface area contributed by atoms with Crippen molar-refractivity contribution in [1.29, 1.82) is 0 Å². The van der Waals surface area contributed by atoms with E-state index in [4.69, 9.17) is 0 Å². The molecule has 1 aliphatic carbocycles. The number of hydrogen-bond acceptors (Lipinski definition) is 6. The fourth-order valence-electron chi connectivity index (χ4n) is 7.11. The average molecular weight is 661 g/mol. The molecule has 2 heterocycles. The van der Waals surface area contributed by atoms with Crippen LogP contribution >= 0.6 is 0 Å². The monoisotopic (exact) mass is 660 g/mol. The lowest BCUT2D eigenvalue weighted by molar-refractivity contribution is -0.145. The maximum absolute atomic E-state index is 14.4. The number of nitrogens with one attached hydrogen (secondary N) is 4. The number of urea groups is 1. The van der Waals surface area contributed by atoms with Gasteiger partial charge in [0.25, 0.3) is 5.91 Å². The van der Waals surface area contributed by atoms with E-state index in [0.717, 1.165) is 19.3 Å². The smallest absolute Gasteiger partial charge is 0.315 e. The Labute approximate surface area is 281 Å². The number of piperidine rings is 2. The second-order valence-corrected chi connectivity index (χ2v) is 16.4. The number of Topliss-reactive ketones (excluding diaryl/α,β-unsaturated/α-hetero) is 1.